The average molecular weight is 296 g/mol. The Kier molecular flexibility index (Phi) is 4.99. The van der Waals surface area contributed by atoms with Gasteiger partial charge in [0.25, 0.3) is 0 Å². The highest BCUT2D eigenvalue weighted by atomic mass is 32.2. The Hall–Kier alpha value is -1.57. The van der Waals surface area contributed by atoms with Crippen LogP contribution in [0.5, 0.6) is 0 Å². The highest BCUT2D eigenvalue weighted by molar-refractivity contribution is 7.99. The Morgan fingerprint density at radius 2 is 2.00 bits per heavy atom. The lowest BCUT2D eigenvalue weighted by atomic mass is 10.0. The van der Waals surface area contributed by atoms with Crippen molar-refractivity contribution in [3.8, 4) is 0 Å². The number of carbonyl (C=O) groups is 1. The van der Waals surface area contributed by atoms with Crippen molar-refractivity contribution in [1.82, 2.24) is 19.9 Å². The van der Waals surface area contributed by atoms with Crippen LogP contribution in [0.1, 0.15) is 32.6 Å². The molecule has 7 nitrogen and oxygen atoms in total. The normalized spacial score (nSPS) is 19.1. The van der Waals surface area contributed by atoms with Crippen LogP contribution in [-0.2, 0) is 4.79 Å². The maximum Gasteiger partial charge on any atom is 0.233 e. The third-order valence-electron chi connectivity index (χ3n) is 3.39. The zero-order valence-electron chi connectivity index (χ0n) is 11.6. The molecule has 0 aromatic carbocycles. The molecule has 0 spiro atoms. The fourth-order valence-electron chi connectivity index (χ4n) is 2.42. The summed E-state index contributed by atoms with van der Waals surface area (Å²) in [6.45, 7) is 2.97. The number of nitrogens with two attached hydrogens (primary N) is 2. The Morgan fingerprint density at radius 1 is 1.30 bits per heavy atom. The molecule has 1 saturated heterocycles. The van der Waals surface area contributed by atoms with Gasteiger partial charge in [-0.05, 0) is 25.7 Å². The third kappa shape index (κ3) is 3.72. The monoisotopic (exact) mass is 296 g/mol. The van der Waals surface area contributed by atoms with Gasteiger partial charge < -0.3 is 16.4 Å². The molecule has 4 N–H and O–H groups in total. The van der Waals surface area contributed by atoms with Gasteiger partial charge in [-0.1, -0.05) is 18.7 Å². The van der Waals surface area contributed by atoms with E-state index >= 15 is 0 Å². The van der Waals surface area contributed by atoms with E-state index in [0.29, 0.717) is 17.0 Å². The van der Waals surface area contributed by atoms with Gasteiger partial charge in [0.15, 0.2) is 5.16 Å². The van der Waals surface area contributed by atoms with Crippen LogP contribution in [0.3, 0.4) is 0 Å². The summed E-state index contributed by atoms with van der Waals surface area (Å²) < 4.78 is 0. The van der Waals surface area contributed by atoms with E-state index in [-0.39, 0.29) is 17.8 Å². The number of aromatic nitrogens is 3. The largest absolute Gasteiger partial charge is 0.368 e. The van der Waals surface area contributed by atoms with Crippen LogP contribution >= 0.6 is 11.8 Å². The number of amides is 1. The topological polar surface area (TPSA) is 111 Å². The molecular weight excluding hydrogens is 276 g/mol. The Morgan fingerprint density at radius 3 is 2.65 bits per heavy atom. The second-order valence-electron chi connectivity index (χ2n) is 4.77. The zero-order chi connectivity index (χ0) is 14.5. The highest BCUT2D eigenvalue weighted by Gasteiger charge is 2.25. The molecule has 20 heavy (non-hydrogen) atoms. The molecule has 2 heterocycles. The zero-order valence-corrected chi connectivity index (χ0v) is 12.4. The van der Waals surface area contributed by atoms with Gasteiger partial charge in [0.05, 0.1) is 5.75 Å². The Balaban J connectivity index is 1.94. The van der Waals surface area contributed by atoms with Crippen molar-refractivity contribution in [1.29, 1.82) is 0 Å². The number of nitrogens with zero attached hydrogens (tertiary/aromatic N) is 4. The second-order valence-corrected chi connectivity index (χ2v) is 5.71. The van der Waals surface area contributed by atoms with Crippen LogP contribution in [0.4, 0.5) is 11.9 Å². The number of hydrogen-bond donors (Lipinski definition) is 2. The summed E-state index contributed by atoms with van der Waals surface area (Å²) in [5, 5.41) is 0.397. The minimum atomic E-state index is 0.0804. The van der Waals surface area contributed by atoms with E-state index < -0.39 is 0 Å². The molecule has 0 unspecified atom stereocenters. The maximum absolute atomic E-state index is 12.3. The van der Waals surface area contributed by atoms with Crippen LogP contribution < -0.4 is 11.5 Å². The third-order valence-corrected chi connectivity index (χ3v) is 4.23. The van der Waals surface area contributed by atoms with Crippen molar-refractivity contribution in [2.45, 2.75) is 43.8 Å². The Bertz CT molecular complexity index is 463. The van der Waals surface area contributed by atoms with Crippen molar-refractivity contribution in [2.24, 2.45) is 0 Å². The van der Waals surface area contributed by atoms with Gasteiger partial charge in [-0.2, -0.15) is 15.0 Å². The molecule has 1 aromatic heterocycles. The first kappa shape index (κ1) is 14.8. The summed E-state index contributed by atoms with van der Waals surface area (Å²) in [7, 11) is 0. The molecule has 1 aliphatic rings. The molecule has 0 aliphatic carbocycles. The quantitative estimate of drug-likeness (QED) is 0.795. The summed E-state index contributed by atoms with van der Waals surface area (Å²) in [4.78, 5) is 25.9. The summed E-state index contributed by atoms with van der Waals surface area (Å²) in [6.07, 6.45) is 4.38. The van der Waals surface area contributed by atoms with Gasteiger partial charge in [0.1, 0.15) is 0 Å². The molecule has 0 bridgehead atoms. The first-order valence-electron chi connectivity index (χ1n) is 6.79. The van der Waals surface area contributed by atoms with E-state index in [1.165, 1.54) is 18.2 Å². The molecule has 1 fully saturated rings. The van der Waals surface area contributed by atoms with E-state index in [0.717, 1.165) is 25.8 Å². The molecule has 2 rings (SSSR count). The standard InChI is InChI=1S/C12H20N6OS/c1-2-8-5-3-4-6-18(8)9(19)7-20-12-16-10(13)15-11(14)17-12/h8H,2-7H2,1H3,(H4,13,14,15,16,17)/t8-/m1/s1. The average Bonchev–Trinajstić information content (AvgIpc) is 2.43. The van der Waals surface area contributed by atoms with Crippen molar-refractivity contribution in [3.63, 3.8) is 0 Å². The van der Waals surface area contributed by atoms with Crippen molar-refractivity contribution in [3.05, 3.63) is 0 Å². The van der Waals surface area contributed by atoms with Crippen molar-refractivity contribution < 1.29 is 4.79 Å². The van der Waals surface area contributed by atoms with Crippen molar-refractivity contribution in [2.75, 3.05) is 23.8 Å². The molecular formula is C12H20N6OS. The van der Waals surface area contributed by atoms with Gasteiger partial charge in [0, 0.05) is 12.6 Å². The smallest absolute Gasteiger partial charge is 0.233 e. The van der Waals surface area contributed by atoms with Crippen LogP contribution in [0.25, 0.3) is 0 Å². The second kappa shape index (κ2) is 6.74. The van der Waals surface area contributed by atoms with Gasteiger partial charge >= 0.3 is 0 Å². The fourth-order valence-corrected chi connectivity index (χ4v) is 3.15. The van der Waals surface area contributed by atoms with E-state index in [2.05, 4.69) is 21.9 Å². The van der Waals surface area contributed by atoms with Gasteiger partial charge in [0.2, 0.25) is 17.8 Å². The van der Waals surface area contributed by atoms with Crippen LogP contribution in [0.2, 0.25) is 0 Å². The number of thioether (sulfide) groups is 1. The molecule has 1 atom stereocenters. The number of nitrogen functional groups attached to an aromatic ring is 2. The molecule has 0 radical (unpaired) electrons. The van der Waals surface area contributed by atoms with E-state index in [1.54, 1.807) is 0 Å². The Labute approximate surface area is 122 Å². The number of carbonyl (C=O) groups excluding carboxylic acids is 1. The van der Waals surface area contributed by atoms with E-state index in [4.69, 9.17) is 11.5 Å². The van der Waals surface area contributed by atoms with Crippen molar-refractivity contribution >= 4 is 29.6 Å². The maximum atomic E-state index is 12.3. The van der Waals surface area contributed by atoms with Crippen LogP contribution in [-0.4, -0.2) is 44.1 Å². The summed E-state index contributed by atoms with van der Waals surface area (Å²) in [5.74, 6) is 0.590. The SMILES string of the molecule is CC[C@@H]1CCCCN1C(=O)CSc1nc(N)nc(N)n1. The lowest BCUT2D eigenvalue weighted by Crippen LogP contribution is -2.44. The number of anilines is 2. The first-order valence-corrected chi connectivity index (χ1v) is 7.78. The lowest BCUT2D eigenvalue weighted by Gasteiger charge is -2.35. The number of piperidine rings is 1. The summed E-state index contributed by atoms with van der Waals surface area (Å²) >= 11 is 1.25. The van der Waals surface area contributed by atoms with Gasteiger partial charge in [-0.15, -0.1) is 0 Å². The fraction of sp³-hybridized carbons (Fsp3) is 0.667. The number of rotatable bonds is 4. The lowest BCUT2D eigenvalue weighted by molar-refractivity contribution is -0.132. The molecule has 1 amide bonds. The summed E-state index contributed by atoms with van der Waals surface area (Å²) in [5.41, 5.74) is 11.0. The molecule has 110 valence electrons. The minimum absolute atomic E-state index is 0.0804. The van der Waals surface area contributed by atoms with E-state index in [1.807, 2.05) is 4.90 Å². The molecule has 8 heteroatoms. The summed E-state index contributed by atoms with van der Waals surface area (Å²) in [6, 6.07) is 0.366. The van der Waals surface area contributed by atoms with E-state index in [9.17, 15) is 4.79 Å². The molecule has 1 aliphatic heterocycles. The molecule has 1 aromatic rings. The first-order chi connectivity index (χ1) is 9.60. The van der Waals surface area contributed by atoms with Crippen LogP contribution in [0.15, 0.2) is 5.16 Å². The van der Waals surface area contributed by atoms with Gasteiger partial charge in [-0.25, -0.2) is 0 Å². The number of likely N-dealkylation sites (tertiary alicyclic amines) is 1. The predicted molar refractivity (Wildman–Crippen MR) is 79.0 cm³/mol. The van der Waals surface area contributed by atoms with Gasteiger partial charge in [-0.3, -0.25) is 4.79 Å². The van der Waals surface area contributed by atoms with Crippen LogP contribution in [0, 0.1) is 0 Å². The number of hydrogen-bond acceptors (Lipinski definition) is 7. The minimum Gasteiger partial charge on any atom is -0.368 e. The molecule has 0 saturated carbocycles. The highest BCUT2D eigenvalue weighted by Crippen LogP contribution is 2.22. The predicted octanol–water partition coefficient (Wildman–Crippen LogP) is 0.919.